The van der Waals surface area contributed by atoms with Gasteiger partial charge in [-0.2, -0.15) is 0 Å². The van der Waals surface area contributed by atoms with Crippen molar-refractivity contribution in [2.75, 3.05) is 40.3 Å². The number of carbonyl (C=O) groups is 1. The van der Waals surface area contributed by atoms with E-state index in [1.165, 1.54) is 5.56 Å². The summed E-state index contributed by atoms with van der Waals surface area (Å²) < 4.78 is 0. The minimum Gasteiger partial charge on any atom is -0.355 e. The third kappa shape index (κ3) is 8.35. The highest BCUT2D eigenvalue weighted by Gasteiger charge is 2.00. The first-order valence-corrected chi connectivity index (χ1v) is 6.84. The summed E-state index contributed by atoms with van der Waals surface area (Å²) in [5, 5.41) is 6.07. The topological polar surface area (TPSA) is 44.4 Å². The summed E-state index contributed by atoms with van der Waals surface area (Å²) in [5.41, 5.74) is 1.25. The van der Waals surface area contributed by atoms with Gasteiger partial charge in [-0.1, -0.05) is 30.3 Å². The SMILES string of the molecule is CN(C)CCCNCC(=O)NCCc1ccccc1. The first kappa shape index (κ1) is 15.7. The molecule has 0 aliphatic carbocycles. The van der Waals surface area contributed by atoms with Gasteiger partial charge in [0.15, 0.2) is 0 Å². The van der Waals surface area contributed by atoms with Crippen LogP contribution in [0.2, 0.25) is 0 Å². The van der Waals surface area contributed by atoms with Gasteiger partial charge in [0.25, 0.3) is 0 Å². The smallest absolute Gasteiger partial charge is 0.233 e. The molecule has 106 valence electrons. The van der Waals surface area contributed by atoms with E-state index in [0.29, 0.717) is 13.1 Å². The molecule has 1 aromatic rings. The van der Waals surface area contributed by atoms with Crippen molar-refractivity contribution in [3.63, 3.8) is 0 Å². The van der Waals surface area contributed by atoms with Crippen molar-refractivity contribution in [2.45, 2.75) is 12.8 Å². The molecule has 19 heavy (non-hydrogen) atoms. The standard InChI is InChI=1S/C15H25N3O/c1-18(2)12-6-10-16-13-15(19)17-11-9-14-7-4-3-5-8-14/h3-5,7-8,16H,6,9-13H2,1-2H3,(H,17,19). The molecule has 0 radical (unpaired) electrons. The normalized spacial score (nSPS) is 10.7. The lowest BCUT2D eigenvalue weighted by molar-refractivity contribution is -0.120. The van der Waals surface area contributed by atoms with E-state index in [2.05, 4.69) is 41.8 Å². The Labute approximate surface area is 116 Å². The largest absolute Gasteiger partial charge is 0.355 e. The lowest BCUT2D eigenvalue weighted by Gasteiger charge is -2.10. The first-order valence-electron chi connectivity index (χ1n) is 6.84. The average molecular weight is 263 g/mol. The molecule has 0 unspecified atom stereocenters. The Morgan fingerprint density at radius 1 is 1.16 bits per heavy atom. The van der Waals surface area contributed by atoms with E-state index < -0.39 is 0 Å². The van der Waals surface area contributed by atoms with Gasteiger partial charge in [0.1, 0.15) is 0 Å². The van der Waals surface area contributed by atoms with Crippen LogP contribution in [-0.4, -0.2) is 51.1 Å². The molecule has 4 heteroatoms. The van der Waals surface area contributed by atoms with Crippen molar-refractivity contribution < 1.29 is 4.79 Å². The van der Waals surface area contributed by atoms with Gasteiger partial charge in [0, 0.05) is 6.54 Å². The minimum atomic E-state index is 0.0702. The summed E-state index contributed by atoms with van der Waals surface area (Å²) in [6.45, 7) is 3.03. The highest BCUT2D eigenvalue weighted by atomic mass is 16.1. The fraction of sp³-hybridized carbons (Fsp3) is 0.533. The second-order valence-corrected chi connectivity index (χ2v) is 4.92. The molecule has 0 aromatic heterocycles. The van der Waals surface area contributed by atoms with Gasteiger partial charge in [-0.3, -0.25) is 4.79 Å². The number of nitrogens with zero attached hydrogens (tertiary/aromatic N) is 1. The number of carbonyl (C=O) groups excluding carboxylic acids is 1. The molecule has 0 saturated heterocycles. The number of hydrogen-bond acceptors (Lipinski definition) is 3. The fourth-order valence-electron chi connectivity index (χ4n) is 1.78. The minimum absolute atomic E-state index is 0.0702. The predicted molar refractivity (Wildman–Crippen MR) is 79.2 cm³/mol. The van der Waals surface area contributed by atoms with E-state index in [4.69, 9.17) is 0 Å². The van der Waals surface area contributed by atoms with Crippen LogP contribution < -0.4 is 10.6 Å². The van der Waals surface area contributed by atoms with Crippen LogP contribution in [0.4, 0.5) is 0 Å². The highest BCUT2D eigenvalue weighted by molar-refractivity contribution is 5.77. The maximum Gasteiger partial charge on any atom is 0.233 e. The van der Waals surface area contributed by atoms with Crippen LogP contribution in [-0.2, 0) is 11.2 Å². The van der Waals surface area contributed by atoms with Crippen LogP contribution in [0, 0.1) is 0 Å². The zero-order valence-electron chi connectivity index (χ0n) is 12.0. The molecule has 0 spiro atoms. The third-order valence-corrected chi connectivity index (χ3v) is 2.82. The summed E-state index contributed by atoms with van der Waals surface area (Å²) in [7, 11) is 4.10. The number of hydrogen-bond donors (Lipinski definition) is 2. The summed E-state index contributed by atoms with van der Waals surface area (Å²) in [5.74, 6) is 0.0702. The molecule has 0 aliphatic rings. The quantitative estimate of drug-likeness (QED) is 0.650. The van der Waals surface area contributed by atoms with Crippen LogP contribution >= 0.6 is 0 Å². The third-order valence-electron chi connectivity index (χ3n) is 2.82. The molecule has 1 rings (SSSR count). The molecule has 0 atom stereocenters. The van der Waals surface area contributed by atoms with Gasteiger partial charge in [-0.25, -0.2) is 0 Å². The maximum atomic E-state index is 11.5. The van der Waals surface area contributed by atoms with Gasteiger partial charge < -0.3 is 15.5 Å². The zero-order valence-corrected chi connectivity index (χ0v) is 12.0. The van der Waals surface area contributed by atoms with Crippen molar-refractivity contribution in [3.05, 3.63) is 35.9 Å². The molecule has 2 N–H and O–H groups in total. The second-order valence-electron chi connectivity index (χ2n) is 4.92. The molecule has 0 aliphatic heterocycles. The zero-order chi connectivity index (χ0) is 13.9. The molecular formula is C15H25N3O. The van der Waals surface area contributed by atoms with Crippen LogP contribution in [0.25, 0.3) is 0 Å². The fourth-order valence-corrected chi connectivity index (χ4v) is 1.78. The number of benzene rings is 1. The van der Waals surface area contributed by atoms with E-state index in [9.17, 15) is 4.79 Å². The Bertz CT molecular complexity index is 352. The Morgan fingerprint density at radius 2 is 1.89 bits per heavy atom. The van der Waals surface area contributed by atoms with Gasteiger partial charge in [-0.05, 0) is 45.6 Å². The van der Waals surface area contributed by atoms with Crippen LogP contribution in [0.1, 0.15) is 12.0 Å². The second kappa shape index (κ2) is 9.53. The molecule has 4 nitrogen and oxygen atoms in total. The van der Waals surface area contributed by atoms with Gasteiger partial charge >= 0.3 is 0 Å². The van der Waals surface area contributed by atoms with Crippen molar-refractivity contribution in [1.29, 1.82) is 0 Å². The molecule has 0 saturated carbocycles. The monoisotopic (exact) mass is 263 g/mol. The summed E-state index contributed by atoms with van der Waals surface area (Å²) in [6.07, 6.45) is 1.94. The van der Waals surface area contributed by atoms with Crippen molar-refractivity contribution >= 4 is 5.91 Å². The van der Waals surface area contributed by atoms with Crippen molar-refractivity contribution in [2.24, 2.45) is 0 Å². The molecule has 1 aromatic carbocycles. The molecular weight excluding hydrogens is 238 g/mol. The Kier molecular flexibility index (Phi) is 7.86. The number of amides is 1. The van der Waals surface area contributed by atoms with Crippen LogP contribution in [0.5, 0.6) is 0 Å². The van der Waals surface area contributed by atoms with E-state index in [1.807, 2.05) is 18.2 Å². The highest BCUT2D eigenvalue weighted by Crippen LogP contribution is 1.97. The number of nitrogens with one attached hydrogen (secondary N) is 2. The maximum absolute atomic E-state index is 11.5. The predicted octanol–water partition coefficient (Wildman–Crippen LogP) is 0.887. The summed E-state index contributed by atoms with van der Waals surface area (Å²) in [4.78, 5) is 13.7. The number of rotatable bonds is 9. The molecule has 1 amide bonds. The Balaban J connectivity index is 1.99. The van der Waals surface area contributed by atoms with Crippen LogP contribution in [0.3, 0.4) is 0 Å². The summed E-state index contributed by atoms with van der Waals surface area (Å²) in [6, 6.07) is 10.2. The molecule has 0 fully saturated rings. The Morgan fingerprint density at radius 3 is 2.58 bits per heavy atom. The van der Waals surface area contributed by atoms with E-state index in [0.717, 1.165) is 25.9 Å². The lowest BCUT2D eigenvalue weighted by Crippen LogP contribution is -2.35. The van der Waals surface area contributed by atoms with Crippen molar-refractivity contribution in [1.82, 2.24) is 15.5 Å². The Hall–Kier alpha value is -1.39. The molecule has 0 bridgehead atoms. The first-order chi connectivity index (χ1) is 9.18. The van der Waals surface area contributed by atoms with Gasteiger partial charge in [-0.15, -0.1) is 0 Å². The van der Waals surface area contributed by atoms with Gasteiger partial charge in [0.2, 0.25) is 5.91 Å². The van der Waals surface area contributed by atoms with Gasteiger partial charge in [0.05, 0.1) is 6.54 Å². The average Bonchev–Trinajstić information content (AvgIpc) is 2.39. The van der Waals surface area contributed by atoms with E-state index in [-0.39, 0.29) is 5.91 Å². The summed E-state index contributed by atoms with van der Waals surface area (Å²) >= 11 is 0. The van der Waals surface area contributed by atoms with Crippen LogP contribution in [0.15, 0.2) is 30.3 Å². The van der Waals surface area contributed by atoms with Crippen molar-refractivity contribution in [3.8, 4) is 0 Å². The van der Waals surface area contributed by atoms with E-state index in [1.54, 1.807) is 0 Å². The van der Waals surface area contributed by atoms with E-state index >= 15 is 0 Å². The lowest BCUT2D eigenvalue weighted by atomic mass is 10.1. The molecule has 0 heterocycles.